The van der Waals surface area contributed by atoms with Gasteiger partial charge >= 0.3 is 0 Å². The molecule has 1 N–H and O–H groups in total. The van der Waals surface area contributed by atoms with E-state index in [2.05, 4.69) is 4.98 Å². The van der Waals surface area contributed by atoms with Crippen molar-refractivity contribution in [1.82, 2.24) is 4.98 Å². The van der Waals surface area contributed by atoms with Gasteiger partial charge in [0, 0.05) is 18.0 Å². The topological polar surface area (TPSA) is 33.1 Å². The molecule has 0 amide bonds. The molecule has 16 heavy (non-hydrogen) atoms. The minimum atomic E-state index is -0.935. The largest absolute Gasteiger partial charge is 0.380 e. The van der Waals surface area contributed by atoms with Gasteiger partial charge in [0.15, 0.2) is 0 Å². The summed E-state index contributed by atoms with van der Waals surface area (Å²) in [5.41, 5.74) is 0.810. The molecule has 0 aliphatic carbocycles. The maximum atomic E-state index is 10.7. The first-order valence-corrected chi connectivity index (χ1v) is 5.46. The van der Waals surface area contributed by atoms with Crippen LogP contribution in [0.2, 0.25) is 0 Å². The summed E-state index contributed by atoms with van der Waals surface area (Å²) >= 11 is 0. The summed E-state index contributed by atoms with van der Waals surface area (Å²) in [7, 11) is 0. The van der Waals surface area contributed by atoms with Gasteiger partial charge in [0.05, 0.1) is 0 Å². The lowest BCUT2D eigenvalue weighted by atomic mass is 9.85. The highest BCUT2D eigenvalue weighted by atomic mass is 16.3. The number of benzene rings is 1. The number of aromatic nitrogens is 1. The number of nitrogens with zero attached hydrogens (tertiary/aromatic N) is 1. The zero-order valence-corrected chi connectivity index (χ0v) is 9.30. The van der Waals surface area contributed by atoms with Crippen LogP contribution in [0.4, 0.5) is 0 Å². The van der Waals surface area contributed by atoms with E-state index in [1.54, 1.807) is 12.4 Å². The second-order valence-electron chi connectivity index (χ2n) is 3.82. The van der Waals surface area contributed by atoms with E-state index in [-0.39, 0.29) is 0 Å². The van der Waals surface area contributed by atoms with E-state index in [1.165, 1.54) is 0 Å². The fourth-order valence-electron chi connectivity index (χ4n) is 1.90. The van der Waals surface area contributed by atoms with Gasteiger partial charge in [0.1, 0.15) is 5.60 Å². The molecule has 0 aliphatic heterocycles. The Labute approximate surface area is 95.6 Å². The maximum absolute atomic E-state index is 10.7. The van der Waals surface area contributed by atoms with Crippen LogP contribution in [0.1, 0.15) is 24.5 Å². The summed E-state index contributed by atoms with van der Waals surface area (Å²) in [6.07, 6.45) is 4.06. The average molecular weight is 213 g/mol. The smallest absolute Gasteiger partial charge is 0.116 e. The summed E-state index contributed by atoms with van der Waals surface area (Å²) in [5, 5.41) is 10.7. The maximum Gasteiger partial charge on any atom is 0.116 e. The molecule has 0 aliphatic rings. The Morgan fingerprint density at radius 1 is 1.06 bits per heavy atom. The van der Waals surface area contributed by atoms with Gasteiger partial charge in [-0.1, -0.05) is 43.3 Å². The molecule has 2 nitrogen and oxygen atoms in total. The van der Waals surface area contributed by atoms with Gasteiger partial charge in [0.25, 0.3) is 0 Å². The van der Waals surface area contributed by atoms with Gasteiger partial charge in [-0.2, -0.15) is 0 Å². The van der Waals surface area contributed by atoms with Gasteiger partial charge in [-0.15, -0.1) is 0 Å². The van der Waals surface area contributed by atoms with E-state index < -0.39 is 5.60 Å². The minimum Gasteiger partial charge on any atom is -0.380 e. The molecule has 1 aromatic heterocycles. The summed E-state index contributed by atoms with van der Waals surface area (Å²) in [6.45, 7) is 1.97. The van der Waals surface area contributed by atoms with Gasteiger partial charge in [-0.3, -0.25) is 4.98 Å². The minimum absolute atomic E-state index is 0.628. The number of hydrogen-bond donors (Lipinski definition) is 1. The van der Waals surface area contributed by atoms with Crippen LogP contribution in [0.15, 0.2) is 54.9 Å². The Morgan fingerprint density at radius 2 is 1.75 bits per heavy atom. The third kappa shape index (κ3) is 1.84. The third-order valence-corrected chi connectivity index (χ3v) is 2.90. The Hall–Kier alpha value is -1.67. The molecule has 0 spiro atoms. The first kappa shape index (κ1) is 10.8. The number of aliphatic hydroxyl groups is 1. The Balaban J connectivity index is 2.49. The van der Waals surface area contributed by atoms with Crippen molar-refractivity contribution >= 4 is 0 Å². The van der Waals surface area contributed by atoms with Crippen molar-refractivity contribution in [3.05, 3.63) is 66.0 Å². The summed E-state index contributed by atoms with van der Waals surface area (Å²) < 4.78 is 0. The van der Waals surface area contributed by atoms with E-state index in [0.717, 1.165) is 11.1 Å². The van der Waals surface area contributed by atoms with Gasteiger partial charge in [-0.25, -0.2) is 0 Å². The second-order valence-corrected chi connectivity index (χ2v) is 3.82. The zero-order valence-electron chi connectivity index (χ0n) is 9.30. The van der Waals surface area contributed by atoms with E-state index in [0.29, 0.717) is 6.42 Å². The van der Waals surface area contributed by atoms with E-state index in [1.807, 2.05) is 49.4 Å². The van der Waals surface area contributed by atoms with Crippen molar-refractivity contribution in [3.8, 4) is 0 Å². The lowest BCUT2D eigenvalue weighted by Crippen LogP contribution is -2.26. The standard InChI is InChI=1S/C14H15NO/c1-2-14(16,12-7-4-3-5-8-12)13-9-6-10-15-11-13/h3-11,16H,2H2,1H3. The molecular weight excluding hydrogens is 198 g/mol. The average Bonchev–Trinajstić information content (AvgIpc) is 2.40. The van der Waals surface area contributed by atoms with Gasteiger partial charge in [-0.05, 0) is 18.1 Å². The van der Waals surface area contributed by atoms with Crippen LogP contribution in [-0.4, -0.2) is 10.1 Å². The first-order valence-electron chi connectivity index (χ1n) is 5.46. The van der Waals surface area contributed by atoms with E-state index in [4.69, 9.17) is 0 Å². The number of pyridine rings is 1. The molecule has 0 bridgehead atoms. The highest BCUT2D eigenvalue weighted by Crippen LogP contribution is 2.31. The molecule has 82 valence electrons. The Morgan fingerprint density at radius 3 is 2.31 bits per heavy atom. The lowest BCUT2D eigenvalue weighted by molar-refractivity contribution is 0.0762. The molecule has 1 unspecified atom stereocenters. The molecule has 1 atom stereocenters. The first-order chi connectivity index (χ1) is 7.77. The number of rotatable bonds is 3. The predicted octanol–water partition coefficient (Wildman–Crippen LogP) is 2.73. The number of hydrogen-bond acceptors (Lipinski definition) is 2. The van der Waals surface area contributed by atoms with Crippen molar-refractivity contribution in [2.24, 2.45) is 0 Å². The molecule has 2 aromatic rings. The molecule has 0 saturated heterocycles. The molecule has 2 rings (SSSR count). The van der Waals surface area contributed by atoms with Crippen molar-refractivity contribution in [3.63, 3.8) is 0 Å². The predicted molar refractivity (Wildman–Crippen MR) is 64.0 cm³/mol. The zero-order chi connectivity index (χ0) is 11.4. The van der Waals surface area contributed by atoms with Crippen LogP contribution >= 0.6 is 0 Å². The quantitative estimate of drug-likeness (QED) is 0.850. The van der Waals surface area contributed by atoms with Crippen LogP contribution < -0.4 is 0 Å². The molecule has 0 saturated carbocycles. The fraction of sp³-hybridized carbons (Fsp3) is 0.214. The van der Waals surface area contributed by atoms with Crippen LogP contribution in [0, 0.1) is 0 Å². The monoisotopic (exact) mass is 213 g/mol. The molecule has 1 aromatic carbocycles. The lowest BCUT2D eigenvalue weighted by Gasteiger charge is -2.27. The van der Waals surface area contributed by atoms with Gasteiger partial charge < -0.3 is 5.11 Å². The van der Waals surface area contributed by atoms with Crippen molar-refractivity contribution in [2.75, 3.05) is 0 Å². The Bertz CT molecular complexity index is 399. The summed E-state index contributed by atoms with van der Waals surface area (Å²) in [6, 6.07) is 13.5. The van der Waals surface area contributed by atoms with Crippen LogP contribution in [0.25, 0.3) is 0 Å². The molecule has 0 fully saturated rings. The highest BCUT2D eigenvalue weighted by Gasteiger charge is 2.29. The molecular formula is C14H15NO. The third-order valence-electron chi connectivity index (χ3n) is 2.90. The second kappa shape index (κ2) is 4.45. The molecule has 0 radical (unpaired) electrons. The van der Waals surface area contributed by atoms with Crippen LogP contribution in [0.3, 0.4) is 0 Å². The summed E-state index contributed by atoms with van der Waals surface area (Å²) in [5.74, 6) is 0. The van der Waals surface area contributed by atoms with E-state index in [9.17, 15) is 5.11 Å². The fourth-order valence-corrected chi connectivity index (χ4v) is 1.90. The highest BCUT2D eigenvalue weighted by molar-refractivity contribution is 5.34. The summed E-state index contributed by atoms with van der Waals surface area (Å²) in [4.78, 5) is 4.06. The van der Waals surface area contributed by atoms with Crippen molar-refractivity contribution in [1.29, 1.82) is 0 Å². The molecule has 1 heterocycles. The van der Waals surface area contributed by atoms with E-state index >= 15 is 0 Å². The van der Waals surface area contributed by atoms with Gasteiger partial charge in [0.2, 0.25) is 0 Å². The Kier molecular flexibility index (Phi) is 3.02. The SMILES string of the molecule is CCC(O)(c1ccccc1)c1cccnc1. The van der Waals surface area contributed by atoms with Crippen molar-refractivity contribution in [2.45, 2.75) is 18.9 Å². The molecule has 2 heteroatoms. The van der Waals surface area contributed by atoms with Crippen LogP contribution in [0.5, 0.6) is 0 Å². The normalized spacial score (nSPS) is 14.4. The van der Waals surface area contributed by atoms with Crippen LogP contribution in [-0.2, 0) is 5.60 Å². The van der Waals surface area contributed by atoms with Crippen molar-refractivity contribution < 1.29 is 5.11 Å².